The number of carbonyl (C=O) groups is 2. The average molecular weight is 339 g/mol. The molecule has 0 bridgehead atoms. The van der Waals surface area contributed by atoms with E-state index in [1.54, 1.807) is 24.3 Å². The summed E-state index contributed by atoms with van der Waals surface area (Å²) >= 11 is 1.34. The second-order valence-electron chi connectivity index (χ2n) is 4.83. The van der Waals surface area contributed by atoms with E-state index in [1.807, 2.05) is 28.3 Å². The number of hydrogen-bond donors (Lipinski definition) is 2. The van der Waals surface area contributed by atoms with Gasteiger partial charge >= 0.3 is 5.97 Å². The molecule has 3 aromatic rings. The van der Waals surface area contributed by atoms with E-state index in [4.69, 9.17) is 5.11 Å². The zero-order chi connectivity index (χ0) is 16.9. The molecule has 0 aliphatic carbocycles. The van der Waals surface area contributed by atoms with E-state index >= 15 is 0 Å². The summed E-state index contributed by atoms with van der Waals surface area (Å²) in [5, 5.41) is 14.7. The van der Waals surface area contributed by atoms with Crippen LogP contribution in [-0.2, 0) is 0 Å². The van der Waals surface area contributed by atoms with Crippen molar-refractivity contribution in [1.29, 1.82) is 0 Å². The molecular weight excluding hydrogens is 326 g/mol. The lowest BCUT2D eigenvalue weighted by atomic mass is 10.2. The van der Waals surface area contributed by atoms with Crippen LogP contribution in [0.25, 0.3) is 5.69 Å². The first-order valence-corrected chi connectivity index (χ1v) is 7.91. The number of amides is 1. The fraction of sp³-hybridized carbons (Fsp3) is 0. The normalized spacial score (nSPS) is 10.8. The molecule has 0 unspecified atom stereocenters. The predicted molar refractivity (Wildman–Crippen MR) is 92.1 cm³/mol. The fourth-order valence-electron chi connectivity index (χ4n) is 2.12. The summed E-state index contributed by atoms with van der Waals surface area (Å²) < 4.78 is 1.84. The fourth-order valence-corrected chi connectivity index (χ4v) is 2.73. The number of hydrogen-bond acceptors (Lipinski definition) is 4. The number of nitrogens with one attached hydrogen (secondary N) is 1. The van der Waals surface area contributed by atoms with Gasteiger partial charge in [0.15, 0.2) is 0 Å². The molecule has 0 aliphatic heterocycles. The quantitative estimate of drug-likeness (QED) is 0.554. The topological polar surface area (TPSA) is 83.7 Å². The number of hydrazone groups is 1. The number of aromatic nitrogens is 1. The molecular formula is C17H13N3O3S. The molecule has 0 saturated heterocycles. The first-order chi connectivity index (χ1) is 11.6. The van der Waals surface area contributed by atoms with E-state index < -0.39 is 5.97 Å². The molecule has 2 heterocycles. The molecule has 2 N–H and O–H groups in total. The van der Waals surface area contributed by atoms with Crippen LogP contribution in [0.5, 0.6) is 0 Å². The Kier molecular flexibility index (Phi) is 4.53. The van der Waals surface area contributed by atoms with Crippen LogP contribution in [0.2, 0.25) is 0 Å². The van der Waals surface area contributed by atoms with Crippen LogP contribution in [0, 0.1) is 0 Å². The van der Waals surface area contributed by atoms with E-state index in [2.05, 4.69) is 10.5 Å². The van der Waals surface area contributed by atoms with Crippen molar-refractivity contribution >= 4 is 29.4 Å². The Balaban J connectivity index is 1.74. The highest BCUT2D eigenvalue weighted by molar-refractivity contribution is 7.12. The molecule has 0 aliphatic rings. The number of nitrogens with zero attached hydrogens (tertiary/aromatic N) is 2. The second-order valence-corrected chi connectivity index (χ2v) is 5.78. The Morgan fingerprint density at radius 1 is 1.12 bits per heavy atom. The lowest BCUT2D eigenvalue weighted by Crippen LogP contribution is -2.16. The Morgan fingerprint density at radius 3 is 2.58 bits per heavy atom. The van der Waals surface area contributed by atoms with Gasteiger partial charge < -0.3 is 9.67 Å². The van der Waals surface area contributed by atoms with Gasteiger partial charge in [-0.05, 0) is 47.8 Å². The number of thiophene rings is 1. The van der Waals surface area contributed by atoms with E-state index in [0.717, 1.165) is 11.4 Å². The number of carboxylic acid groups (broad SMARTS) is 1. The maximum Gasteiger partial charge on any atom is 0.335 e. The van der Waals surface area contributed by atoms with E-state index in [0.29, 0.717) is 4.88 Å². The Bertz CT molecular complexity index is 880. The van der Waals surface area contributed by atoms with E-state index in [1.165, 1.54) is 29.7 Å². The molecule has 0 atom stereocenters. The minimum Gasteiger partial charge on any atom is -0.478 e. The molecule has 0 spiro atoms. The minimum atomic E-state index is -0.966. The standard InChI is InChI=1S/C17H13N3O3S/c21-16(15-4-2-10-24-15)19-18-11-14-3-1-9-20(14)13-7-5-12(6-8-13)17(22)23/h1-11H,(H,19,21)(H,22,23)/b18-11-. The van der Waals surface area contributed by atoms with Crippen molar-refractivity contribution < 1.29 is 14.7 Å². The Hall–Kier alpha value is -3.19. The molecule has 0 saturated carbocycles. The van der Waals surface area contributed by atoms with Gasteiger partial charge in [-0.1, -0.05) is 6.07 Å². The molecule has 24 heavy (non-hydrogen) atoms. The minimum absolute atomic E-state index is 0.226. The molecule has 0 fully saturated rings. The maximum atomic E-state index is 11.8. The first kappa shape index (κ1) is 15.7. The van der Waals surface area contributed by atoms with Gasteiger partial charge in [0.25, 0.3) is 5.91 Å². The van der Waals surface area contributed by atoms with Gasteiger partial charge in [0.05, 0.1) is 22.3 Å². The van der Waals surface area contributed by atoms with Crippen molar-refractivity contribution in [3.05, 3.63) is 76.2 Å². The van der Waals surface area contributed by atoms with E-state index in [9.17, 15) is 9.59 Å². The summed E-state index contributed by atoms with van der Waals surface area (Å²) in [7, 11) is 0. The van der Waals surface area contributed by atoms with Crippen molar-refractivity contribution in [2.24, 2.45) is 5.10 Å². The highest BCUT2D eigenvalue weighted by Crippen LogP contribution is 2.13. The predicted octanol–water partition coefficient (Wildman–Crippen LogP) is 3.00. The van der Waals surface area contributed by atoms with Crippen LogP contribution in [-0.4, -0.2) is 27.8 Å². The first-order valence-electron chi connectivity index (χ1n) is 7.03. The van der Waals surface area contributed by atoms with Crippen LogP contribution in [0.15, 0.2) is 65.2 Å². The lowest BCUT2D eigenvalue weighted by molar-refractivity contribution is 0.0696. The van der Waals surface area contributed by atoms with Crippen molar-refractivity contribution in [2.45, 2.75) is 0 Å². The largest absolute Gasteiger partial charge is 0.478 e. The summed E-state index contributed by atoms with van der Waals surface area (Å²) in [6, 6.07) is 13.7. The van der Waals surface area contributed by atoms with Gasteiger partial charge in [-0.2, -0.15) is 5.10 Å². The van der Waals surface area contributed by atoms with Crippen molar-refractivity contribution in [2.75, 3.05) is 0 Å². The third-order valence-electron chi connectivity index (χ3n) is 3.28. The third kappa shape index (κ3) is 3.41. The van der Waals surface area contributed by atoms with Crippen molar-refractivity contribution in [1.82, 2.24) is 9.99 Å². The van der Waals surface area contributed by atoms with Gasteiger partial charge in [0, 0.05) is 11.9 Å². The highest BCUT2D eigenvalue weighted by atomic mass is 32.1. The van der Waals surface area contributed by atoms with Crippen LogP contribution >= 0.6 is 11.3 Å². The van der Waals surface area contributed by atoms with Crippen molar-refractivity contribution in [3.63, 3.8) is 0 Å². The summed E-state index contributed by atoms with van der Waals surface area (Å²) in [5.74, 6) is -1.22. The number of carboxylic acids is 1. The second kappa shape index (κ2) is 6.93. The number of aromatic carboxylic acids is 1. The van der Waals surface area contributed by atoms with Gasteiger partial charge in [-0.25, -0.2) is 10.2 Å². The summed E-state index contributed by atoms with van der Waals surface area (Å²) in [5.41, 5.74) is 4.26. The molecule has 1 amide bonds. The van der Waals surface area contributed by atoms with Crippen LogP contribution in [0.4, 0.5) is 0 Å². The highest BCUT2D eigenvalue weighted by Gasteiger charge is 2.06. The molecule has 7 heteroatoms. The zero-order valence-electron chi connectivity index (χ0n) is 12.4. The van der Waals surface area contributed by atoms with Crippen LogP contribution < -0.4 is 5.43 Å². The molecule has 6 nitrogen and oxygen atoms in total. The SMILES string of the molecule is O=C(O)c1ccc(-n2cccc2/C=N\NC(=O)c2cccs2)cc1. The molecule has 1 aromatic carbocycles. The molecule has 0 radical (unpaired) electrons. The Morgan fingerprint density at radius 2 is 1.92 bits per heavy atom. The molecule has 120 valence electrons. The summed E-state index contributed by atoms with van der Waals surface area (Å²) in [6.45, 7) is 0. The smallest absolute Gasteiger partial charge is 0.335 e. The monoisotopic (exact) mass is 339 g/mol. The Labute approximate surface area is 141 Å². The lowest BCUT2D eigenvalue weighted by Gasteiger charge is -2.06. The van der Waals surface area contributed by atoms with Gasteiger partial charge in [0.2, 0.25) is 0 Å². The van der Waals surface area contributed by atoms with Crippen molar-refractivity contribution in [3.8, 4) is 5.69 Å². The third-order valence-corrected chi connectivity index (χ3v) is 4.15. The van der Waals surface area contributed by atoms with Gasteiger partial charge in [-0.3, -0.25) is 4.79 Å². The number of carbonyl (C=O) groups excluding carboxylic acids is 1. The van der Waals surface area contributed by atoms with Gasteiger partial charge in [-0.15, -0.1) is 11.3 Å². The number of rotatable bonds is 5. The van der Waals surface area contributed by atoms with Gasteiger partial charge in [0.1, 0.15) is 0 Å². The molecule has 3 rings (SSSR count). The maximum absolute atomic E-state index is 11.8. The zero-order valence-corrected chi connectivity index (χ0v) is 13.2. The van der Waals surface area contributed by atoms with Crippen LogP contribution in [0.3, 0.4) is 0 Å². The summed E-state index contributed by atoms with van der Waals surface area (Å²) in [4.78, 5) is 23.3. The average Bonchev–Trinajstić information content (AvgIpc) is 3.26. The number of benzene rings is 1. The summed E-state index contributed by atoms with van der Waals surface area (Å²) in [6.07, 6.45) is 3.37. The molecule has 2 aromatic heterocycles. The van der Waals surface area contributed by atoms with E-state index in [-0.39, 0.29) is 11.5 Å². The van der Waals surface area contributed by atoms with Crippen LogP contribution in [0.1, 0.15) is 25.7 Å².